The number of nitrogens with zero attached hydrogens (tertiary/aromatic N) is 1. The highest BCUT2D eigenvalue weighted by Gasteiger charge is 2.47. The number of fused-ring (bicyclic) bond motifs is 1. The largest absolute Gasteiger partial charge is 0.340 e. The molecule has 22 heavy (non-hydrogen) atoms. The predicted octanol–water partition coefficient (Wildman–Crippen LogP) is 6.03. The highest BCUT2D eigenvalue weighted by Crippen LogP contribution is 2.78. The molecule has 1 aromatic rings. The minimum atomic E-state index is -1.41. The normalized spacial score (nSPS) is 28.3. The van der Waals surface area contributed by atoms with Gasteiger partial charge >= 0.3 is 0 Å². The zero-order chi connectivity index (χ0) is 15.9. The lowest BCUT2D eigenvalue weighted by Gasteiger charge is -2.44. The molecule has 1 unspecified atom stereocenters. The topological polar surface area (TPSA) is 15.3 Å². The lowest BCUT2D eigenvalue weighted by Crippen LogP contribution is -2.25. The monoisotopic (exact) mass is 426 g/mol. The summed E-state index contributed by atoms with van der Waals surface area (Å²) >= 11 is 23.7. The Hall–Kier alpha value is 1.17. The molecule has 1 aliphatic heterocycles. The van der Waals surface area contributed by atoms with E-state index in [1.165, 1.54) is 37.0 Å². The molecule has 0 spiro atoms. The second kappa shape index (κ2) is 7.19. The van der Waals surface area contributed by atoms with Gasteiger partial charge in [0.15, 0.2) is 0 Å². The number of thiol groups is 4. The van der Waals surface area contributed by atoms with Crippen LogP contribution in [0.2, 0.25) is 0 Å². The van der Waals surface area contributed by atoms with Crippen LogP contribution < -0.4 is 5.32 Å². The van der Waals surface area contributed by atoms with Gasteiger partial charge in [0, 0.05) is 30.9 Å². The van der Waals surface area contributed by atoms with Gasteiger partial charge < -0.3 is 5.32 Å². The van der Waals surface area contributed by atoms with E-state index in [2.05, 4.69) is 62.3 Å². The summed E-state index contributed by atoms with van der Waals surface area (Å²) in [7, 11) is 0.252. The first-order valence-electron chi connectivity index (χ1n) is 7.02. The number of benzene rings is 1. The SMILES string of the molecule is S=C1Nc2c(ccc(S)c2S)S1(SN(S)S)C1CCCCC1. The molecule has 1 aromatic carbocycles. The van der Waals surface area contributed by atoms with Gasteiger partial charge in [0.1, 0.15) is 4.32 Å². The summed E-state index contributed by atoms with van der Waals surface area (Å²) < 4.78 is 2.53. The first-order chi connectivity index (χ1) is 10.5. The average molecular weight is 427 g/mol. The van der Waals surface area contributed by atoms with Crippen molar-refractivity contribution in [3.63, 3.8) is 0 Å². The third-order valence-electron chi connectivity index (χ3n) is 4.15. The van der Waals surface area contributed by atoms with E-state index in [1.807, 2.05) is 6.07 Å². The molecule has 9 heteroatoms. The molecule has 0 radical (unpaired) electrons. The van der Waals surface area contributed by atoms with Crippen LogP contribution in [0.4, 0.5) is 5.69 Å². The number of hydrogen-bond donors (Lipinski definition) is 5. The van der Waals surface area contributed by atoms with Crippen LogP contribution in [0.15, 0.2) is 26.8 Å². The Morgan fingerprint density at radius 3 is 2.50 bits per heavy atom. The molecule has 1 heterocycles. The first kappa shape index (κ1) is 18.0. The van der Waals surface area contributed by atoms with E-state index in [4.69, 9.17) is 12.2 Å². The quantitative estimate of drug-likeness (QED) is 0.133. The molecule has 2 nitrogen and oxygen atoms in total. The fourth-order valence-corrected chi connectivity index (χ4v) is 12.5. The van der Waals surface area contributed by atoms with Crippen molar-refractivity contribution in [1.82, 2.24) is 3.12 Å². The Labute approximate surface area is 164 Å². The van der Waals surface area contributed by atoms with Crippen molar-refractivity contribution in [3.8, 4) is 0 Å². The zero-order valence-corrected chi connectivity index (χ0v) is 17.8. The molecule has 1 N–H and O–H groups in total. The van der Waals surface area contributed by atoms with Crippen molar-refractivity contribution in [2.75, 3.05) is 5.32 Å². The van der Waals surface area contributed by atoms with E-state index in [9.17, 15) is 0 Å². The molecule has 0 saturated heterocycles. The molecule has 0 aromatic heterocycles. The number of rotatable bonds is 3. The summed E-state index contributed by atoms with van der Waals surface area (Å²) in [5.74, 6) is 0. The summed E-state index contributed by atoms with van der Waals surface area (Å²) in [5.41, 5.74) is 1.03. The van der Waals surface area contributed by atoms with Gasteiger partial charge in [-0.25, -0.2) is 0 Å². The van der Waals surface area contributed by atoms with Crippen LogP contribution in [0.25, 0.3) is 0 Å². The molecule has 0 amide bonds. The number of anilines is 1. The van der Waals surface area contributed by atoms with Crippen molar-refractivity contribution in [2.45, 2.75) is 52.0 Å². The summed E-state index contributed by atoms with van der Waals surface area (Å²) in [6, 6.07) is 4.18. The smallest absolute Gasteiger partial charge is 0.135 e. The lowest BCUT2D eigenvalue weighted by atomic mass is 10.0. The molecule has 122 valence electrons. The molecular formula is C13H18N2S7. The Balaban J connectivity index is 2.14. The van der Waals surface area contributed by atoms with E-state index in [1.54, 1.807) is 14.1 Å². The summed E-state index contributed by atoms with van der Waals surface area (Å²) in [5, 5.41) is 3.99. The van der Waals surface area contributed by atoms with Crippen LogP contribution in [-0.2, 0) is 0 Å². The maximum absolute atomic E-state index is 5.81. The first-order valence-corrected chi connectivity index (χ1v) is 12.1. The van der Waals surface area contributed by atoms with E-state index in [0.717, 1.165) is 19.8 Å². The van der Waals surface area contributed by atoms with Crippen molar-refractivity contribution in [1.29, 1.82) is 0 Å². The Morgan fingerprint density at radius 1 is 1.18 bits per heavy atom. The Kier molecular flexibility index (Phi) is 5.88. The van der Waals surface area contributed by atoms with Gasteiger partial charge in [-0.05, 0) is 25.0 Å². The molecule has 0 bridgehead atoms. The maximum Gasteiger partial charge on any atom is 0.135 e. The van der Waals surface area contributed by atoms with Gasteiger partial charge in [-0.3, -0.25) is 0 Å². The van der Waals surface area contributed by atoms with Gasteiger partial charge in [-0.15, -0.1) is 28.4 Å². The molecule has 1 fully saturated rings. The van der Waals surface area contributed by atoms with Gasteiger partial charge in [-0.1, -0.05) is 66.2 Å². The van der Waals surface area contributed by atoms with E-state index < -0.39 is 9.06 Å². The standard InChI is InChI=1S/C13H18N2S7/c16-9-6-7-10-11(12(9)17)14-13(18)22(10,21-15(19)20)8-4-2-1-3-5-8/h6-8,16-17,19-20H,1-5H2,(H,14,18). The summed E-state index contributed by atoms with van der Waals surface area (Å²) in [6.45, 7) is 0. The van der Waals surface area contributed by atoms with Crippen molar-refractivity contribution >= 4 is 93.2 Å². The molecule has 3 rings (SSSR count). The van der Waals surface area contributed by atoms with Gasteiger partial charge in [0.25, 0.3) is 0 Å². The average Bonchev–Trinajstić information content (AvgIpc) is 2.78. The third kappa shape index (κ3) is 3.05. The molecule has 1 saturated carbocycles. The maximum atomic E-state index is 5.81. The van der Waals surface area contributed by atoms with Gasteiger partial charge in [0.05, 0.1) is 5.69 Å². The van der Waals surface area contributed by atoms with Crippen molar-refractivity contribution in [3.05, 3.63) is 12.1 Å². The van der Waals surface area contributed by atoms with E-state index >= 15 is 0 Å². The fraction of sp³-hybridized carbons (Fsp3) is 0.462. The van der Waals surface area contributed by atoms with Crippen molar-refractivity contribution < 1.29 is 0 Å². The van der Waals surface area contributed by atoms with E-state index in [-0.39, 0.29) is 0 Å². The predicted molar refractivity (Wildman–Crippen MR) is 117 cm³/mol. The zero-order valence-electron chi connectivity index (χ0n) is 11.7. The van der Waals surface area contributed by atoms with Crippen LogP contribution in [-0.4, -0.2) is 12.7 Å². The highest BCUT2D eigenvalue weighted by molar-refractivity contribution is 9.02. The lowest BCUT2D eigenvalue weighted by molar-refractivity contribution is 0.514. The summed E-state index contributed by atoms with van der Waals surface area (Å²) in [6.07, 6.45) is 6.29. The summed E-state index contributed by atoms with van der Waals surface area (Å²) in [4.78, 5) is 3.01. The Bertz CT molecular complexity index is 600. The third-order valence-corrected chi connectivity index (χ3v) is 14.0. The fourth-order valence-electron chi connectivity index (χ4n) is 3.18. The van der Waals surface area contributed by atoms with Crippen molar-refractivity contribution in [2.24, 2.45) is 0 Å². The second-order valence-corrected chi connectivity index (χ2v) is 13.9. The van der Waals surface area contributed by atoms with Gasteiger partial charge in [-0.2, -0.15) is 0 Å². The molecule has 2 aliphatic rings. The van der Waals surface area contributed by atoms with Crippen LogP contribution in [0, 0.1) is 0 Å². The van der Waals surface area contributed by atoms with Crippen LogP contribution >= 0.6 is 83.1 Å². The number of hydrogen-bond acceptors (Lipinski definition) is 7. The Morgan fingerprint density at radius 2 is 1.86 bits per heavy atom. The molecular weight excluding hydrogens is 409 g/mol. The number of thiocarbonyl (C=S) groups is 1. The van der Waals surface area contributed by atoms with Crippen LogP contribution in [0.3, 0.4) is 0 Å². The molecule has 1 atom stereocenters. The molecule has 1 aliphatic carbocycles. The highest BCUT2D eigenvalue weighted by atomic mass is 33.2. The van der Waals surface area contributed by atoms with E-state index in [0.29, 0.717) is 5.25 Å². The van der Waals surface area contributed by atoms with Gasteiger partial charge in [0.2, 0.25) is 0 Å². The van der Waals surface area contributed by atoms with Crippen LogP contribution in [0.1, 0.15) is 32.1 Å². The minimum absolute atomic E-state index is 0.563. The van der Waals surface area contributed by atoms with Crippen LogP contribution in [0.5, 0.6) is 0 Å². The minimum Gasteiger partial charge on any atom is -0.340 e. The second-order valence-electron chi connectivity index (χ2n) is 5.41. The number of nitrogens with one attached hydrogen (secondary N) is 1.